The Morgan fingerprint density at radius 3 is 2.52 bits per heavy atom. The molecule has 2 aliphatic heterocycles. The molecule has 0 N–H and O–H groups in total. The summed E-state index contributed by atoms with van der Waals surface area (Å²) < 4.78 is 5.96. The van der Waals surface area contributed by atoms with E-state index in [4.69, 9.17) is 4.74 Å². The number of likely N-dealkylation sites (N-methyl/N-ethyl adjacent to an activating group) is 1. The first kappa shape index (κ1) is 13.8. The molecule has 1 atom stereocenters. The lowest BCUT2D eigenvalue weighted by Gasteiger charge is -2.21. The Labute approximate surface area is 134 Å². The molecule has 114 valence electrons. The number of carbonyl (C=O) groups is 2. The van der Waals surface area contributed by atoms with Crippen LogP contribution in [0.1, 0.15) is 17.5 Å². The minimum absolute atomic E-state index is 0.0475. The Morgan fingerprint density at radius 2 is 1.74 bits per heavy atom. The number of ketones is 1. The quantitative estimate of drug-likeness (QED) is 0.761. The topological polar surface area (TPSA) is 46.6 Å². The fourth-order valence-corrected chi connectivity index (χ4v) is 3.28. The lowest BCUT2D eigenvalue weighted by atomic mass is 9.92. The molecule has 4 nitrogen and oxygen atoms in total. The molecule has 1 spiro atoms. The number of Topliss-reactive ketones (excluding diaryl/α,β-unsaturated/α-hetero) is 1. The zero-order valence-corrected chi connectivity index (χ0v) is 12.7. The molecule has 1 fully saturated rings. The van der Waals surface area contributed by atoms with Gasteiger partial charge in [0.05, 0.1) is 12.1 Å². The molecule has 4 rings (SSSR count). The highest BCUT2D eigenvalue weighted by Gasteiger charge is 2.57. The number of allylic oxidation sites excluding steroid dienone is 1. The maximum absolute atomic E-state index is 12.8. The maximum atomic E-state index is 12.8. The minimum atomic E-state index is -1.21. The van der Waals surface area contributed by atoms with E-state index in [1.165, 1.54) is 0 Å². The van der Waals surface area contributed by atoms with E-state index < -0.39 is 5.60 Å². The summed E-state index contributed by atoms with van der Waals surface area (Å²) in [6, 6.07) is 16.9. The normalized spacial score (nSPS) is 24.4. The number of para-hydroxylation sites is 1. The van der Waals surface area contributed by atoms with E-state index >= 15 is 0 Å². The summed E-state index contributed by atoms with van der Waals surface area (Å²) in [6.45, 7) is 0. The number of carbonyl (C=O) groups excluding carboxylic acids is 2. The summed E-state index contributed by atoms with van der Waals surface area (Å²) in [6.07, 6.45) is 1.75. The number of hydrogen-bond acceptors (Lipinski definition) is 3. The summed E-state index contributed by atoms with van der Waals surface area (Å²) in [5, 5.41) is 0. The average Bonchev–Trinajstić information content (AvgIpc) is 3.01. The van der Waals surface area contributed by atoms with Gasteiger partial charge < -0.3 is 9.64 Å². The molecule has 2 heterocycles. The van der Waals surface area contributed by atoms with Crippen LogP contribution in [0.5, 0.6) is 0 Å². The molecule has 1 amide bonds. The number of fused-ring (bicyclic) bond motifs is 2. The highest BCUT2D eigenvalue weighted by Crippen LogP contribution is 2.49. The van der Waals surface area contributed by atoms with Gasteiger partial charge in [0.2, 0.25) is 11.4 Å². The number of hydrogen-bond donors (Lipinski definition) is 0. The van der Waals surface area contributed by atoms with Gasteiger partial charge in [-0.15, -0.1) is 0 Å². The molecule has 0 aliphatic carbocycles. The number of ether oxygens (including phenoxy) is 1. The molecule has 4 heteroatoms. The molecule has 2 aliphatic rings. The summed E-state index contributed by atoms with van der Waals surface area (Å²) >= 11 is 0. The largest absolute Gasteiger partial charge is 0.468 e. The number of amides is 1. The Balaban J connectivity index is 1.79. The SMILES string of the molecule is CN1C(=O)C2(CC(=O)/C(=C/c3ccccc3)O2)c2ccccc21. The highest BCUT2D eigenvalue weighted by atomic mass is 16.5. The fourth-order valence-electron chi connectivity index (χ4n) is 3.28. The number of benzene rings is 2. The number of nitrogens with zero attached hydrogens (tertiary/aromatic N) is 1. The third-order valence-electron chi connectivity index (χ3n) is 4.42. The first-order valence-electron chi connectivity index (χ1n) is 7.48. The van der Waals surface area contributed by atoms with E-state index in [1.54, 1.807) is 18.0 Å². The Kier molecular flexibility index (Phi) is 2.88. The van der Waals surface area contributed by atoms with Crippen LogP contribution in [0, 0.1) is 0 Å². The smallest absolute Gasteiger partial charge is 0.276 e. The van der Waals surface area contributed by atoms with Crippen LogP contribution in [0.2, 0.25) is 0 Å². The van der Waals surface area contributed by atoms with Crippen molar-refractivity contribution in [3.05, 3.63) is 71.5 Å². The first-order valence-corrected chi connectivity index (χ1v) is 7.48. The third-order valence-corrected chi connectivity index (χ3v) is 4.42. The van der Waals surface area contributed by atoms with Crippen LogP contribution in [-0.4, -0.2) is 18.7 Å². The Hall–Kier alpha value is -2.88. The molecule has 0 aromatic heterocycles. The zero-order chi connectivity index (χ0) is 16.0. The Morgan fingerprint density at radius 1 is 1.04 bits per heavy atom. The minimum Gasteiger partial charge on any atom is -0.468 e. The standard InChI is InChI=1S/C19H15NO3/c1-20-15-10-6-5-9-14(15)19(18(20)22)12-16(21)17(23-19)11-13-7-3-2-4-8-13/h2-11H,12H2,1H3/b17-11-. The van der Waals surface area contributed by atoms with Crippen LogP contribution in [-0.2, 0) is 19.9 Å². The number of anilines is 1. The van der Waals surface area contributed by atoms with Gasteiger partial charge in [-0.3, -0.25) is 9.59 Å². The second kappa shape index (κ2) is 4.81. The van der Waals surface area contributed by atoms with Crippen molar-refractivity contribution in [1.82, 2.24) is 0 Å². The average molecular weight is 305 g/mol. The van der Waals surface area contributed by atoms with E-state index in [9.17, 15) is 9.59 Å². The lowest BCUT2D eigenvalue weighted by Crippen LogP contribution is -2.38. The van der Waals surface area contributed by atoms with Crippen molar-refractivity contribution in [1.29, 1.82) is 0 Å². The van der Waals surface area contributed by atoms with Crippen molar-refractivity contribution < 1.29 is 14.3 Å². The van der Waals surface area contributed by atoms with Gasteiger partial charge in [0, 0.05) is 12.6 Å². The first-order chi connectivity index (χ1) is 11.1. The number of rotatable bonds is 1. The van der Waals surface area contributed by atoms with Crippen molar-refractivity contribution >= 4 is 23.5 Å². The van der Waals surface area contributed by atoms with E-state index in [2.05, 4.69) is 0 Å². The van der Waals surface area contributed by atoms with Gasteiger partial charge in [-0.1, -0.05) is 48.5 Å². The second-order valence-corrected chi connectivity index (χ2v) is 5.83. The van der Waals surface area contributed by atoms with E-state index in [1.807, 2.05) is 54.6 Å². The van der Waals surface area contributed by atoms with Gasteiger partial charge in [-0.2, -0.15) is 0 Å². The summed E-state index contributed by atoms with van der Waals surface area (Å²) in [4.78, 5) is 26.8. The van der Waals surface area contributed by atoms with Crippen molar-refractivity contribution in [3.63, 3.8) is 0 Å². The van der Waals surface area contributed by atoms with Gasteiger partial charge in [0.15, 0.2) is 5.76 Å². The van der Waals surface area contributed by atoms with Crippen molar-refractivity contribution in [2.75, 3.05) is 11.9 Å². The molecule has 0 bridgehead atoms. The molecule has 23 heavy (non-hydrogen) atoms. The van der Waals surface area contributed by atoms with E-state index in [0.717, 1.165) is 16.8 Å². The van der Waals surface area contributed by atoms with Crippen molar-refractivity contribution in [2.45, 2.75) is 12.0 Å². The van der Waals surface area contributed by atoms with Gasteiger partial charge >= 0.3 is 0 Å². The molecular formula is C19H15NO3. The molecule has 2 aromatic carbocycles. The predicted molar refractivity (Wildman–Crippen MR) is 86.7 cm³/mol. The van der Waals surface area contributed by atoms with Gasteiger partial charge in [-0.05, 0) is 17.7 Å². The summed E-state index contributed by atoms with van der Waals surface area (Å²) in [5.74, 6) is -0.0922. The maximum Gasteiger partial charge on any atom is 0.276 e. The van der Waals surface area contributed by atoms with E-state index in [-0.39, 0.29) is 23.9 Å². The van der Waals surface area contributed by atoms with Crippen LogP contribution < -0.4 is 4.90 Å². The molecule has 1 saturated heterocycles. The fraction of sp³-hybridized carbons (Fsp3) is 0.158. The third kappa shape index (κ3) is 1.91. The predicted octanol–water partition coefficient (Wildman–Crippen LogP) is 2.89. The van der Waals surface area contributed by atoms with Crippen molar-refractivity contribution in [2.24, 2.45) is 0 Å². The van der Waals surface area contributed by atoms with Gasteiger partial charge in [0.25, 0.3) is 5.91 Å². The molecule has 0 radical (unpaired) electrons. The summed E-state index contributed by atoms with van der Waals surface area (Å²) in [7, 11) is 1.71. The molecule has 2 aromatic rings. The Bertz CT molecular complexity index is 841. The van der Waals surface area contributed by atoms with Crippen LogP contribution >= 0.6 is 0 Å². The monoisotopic (exact) mass is 305 g/mol. The second-order valence-electron chi connectivity index (χ2n) is 5.83. The van der Waals surface area contributed by atoms with Crippen molar-refractivity contribution in [3.8, 4) is 0 Å². The van der Waals surface area contributed by atoms with Crippen LogP contribution in [0.3, 0.4) is 0 Å². The van der Waals surface area contributed by atoms with E-state index in [0.29, 0.717) is 0 Å². The molecule has 1 unspecified atom stereocenters. The van der Waals surface area contributed by atoms with Crippen LogP contribution in [0.25, 0.3) is 6.08 Å². The molecule has 0 saturated carbocycles. The summed E-state index contributed by atoms with van der Waals surface area (Å²) in [5.41, 5.74) is 1.23. The zero-order valence-electron chi connectivity index (χ0n) is 12.7. The van der Waals surface area contributed by atoms with Gasteiger partial charge in [0.1, 0.15) is 0 Å². The van der Waals surface area contributed by atoms with Crippen LogP contribution in [0.15, 0.2) is 60.4 Å². The van der Waals surface area contributed by atoms with Crippen LogP contribution in [0.4, 0.5) is 5.69 Å². The molecular weight excluding hydrogens is 290 g/mol. The van der Waals surface area contributed by atoms with Gasteiger partial charge in [-0.25, -0.2) is 0 Å². The lowest BCUT2D eigenvalue weighted by molar-refractivity contribution is -0.135. The highest BCUT2D eigenvalue weighted by molar-refractivity contribution is 6.13.